The van der Waals surface area contributed by atoms with Crippen molar-refractivity contribution >= 4 is 76.1 Å². The van der Waals surface area contributed by atoms with E-state index < -0.39 is 174 Å². The SMILES string of the molecule is COc1cccc2c1C(=O)c1c(O)c3c(c(O)c1C2=O)C[C@@](O)(C(=O)CO)C[C@@H]3O[C@H]1C[C@H](NC(=O)OCc2ccc(NC(=O)[C@@H](CC(N)=O)CC(=O)[C@@H](C)NC(=O)[C@@H](C)NC(=O)CCOCCOCCOCCOCCCC(=O)CCN3C(=O)C=CC3=O)cc2)[C@H](O)[C@H](C)O1. The molecule has 0 aromatic heterocycles. The van der Waals surface area contributed by atoms with Gasteiger partial charge in [0, 0.05) is 99.0 Å². The maximum absolute atomic E-state index is 14.1. The van der Waals surface area contributed by atoms with E-state index in [0.717, 1.165) is 4.90 Å². The molecule has 520 valence electrons. The standard InChI is InChI=1S/C65H80N6O25/c1-34(68-62(85)35(2)67-49(77)17-20-91-22-24-93-26-25-92-23-21-90-19-6-7-40(73)16-18-71-50(78)14-15-51(71)79)44(74)27-38(28-48(66)76)63(86)69-39-12-10-37(11-13-39)33-94-64(87)70-43-29-52(95-36(3)57(43)80)96-46-31-65(88,47(75)32-72)30-42-54(46)61(84)56-55(59(42)82)58(81)41-8-5-9-45(89-4)53(41)60(56)83/h5,8-15,34-36,38,43,46,52,57,72,80,82,84,88H,6-7,16-33H2,1-4H3,(H2,66,76)(H,67,77)(H,68,85)(H,69,86)(H,70,87)/t34-,35-,36+,38-,43+,46+,52+,57-,65+/m1/s1. The Bertz CT molecular complexity index is 3430. The van der Waals surface area contributed by atoms with Gasteiger partial charge in [-0.2, -0.15) is 0 Å². The molecule has 3 aromatic rings. The Morgan fingerprint density at radius 3 is 2.03 bits per heavy atom. The van der Waals surface area contributed by atoms with Crippen LogP contribution in [0.15, 0.2) is 54.6 Å². The highest BCUT2D eigenvalue weighted by Crippen LogP contribution is 2.52. The van der Waals surface area contributed by atoms with Crippen molar-refractivity contribution in [1.82, 2.24) is 20.9 Å². The quantitative estimate of drug-likeness (QED) is 0.0167. The minimum atomic E-state index is -2.43. The molecule has 0 saturated carbocycles. The van der Waals surface area contributed by atoms with Crippen LogP contribution in [0.4, 0.5) is 10.5 Å². The summed E-state index contributed by atoms with van der Waals surface area (Å²) >= 11 is 0. The van der Waals surface area contributed by atoms with Gasteiger partial charge in [-0.15, -0.1) is 0 Å². The lowest BCUT2D eigenvalue weighted by Gasteiger charge is -2.42. The zero-order valence-electron chi connectivity index (χ0n) is 53.4. The van der Waals surface area contributed by atoms with Gasteiger partial charge in [-0.1, -0.05) is 24.3 Å². The van der Waals surface area contributed by atoms with Crippen LogP contribution in [-0.2, 0) is 89.3 Å². The molecule has 1 saturated heterocycles. The first-order valence-electron chi connectivity index (χ1n) is 31.1. The molecule has 7 amide bonds. The number of alkyl carbamates (subject to hydrolysis) is 1. The predicted molar refractivity (Wildman–Crippen MR) is 331 cm³/mol. The van der Waals surface area contributed by atoms with Gasteiger partial charge in [0.1, 0.15) is 54.0 Å². The Morgan fingerprint density at radius 1 is 0.760 bits per heavy atom. The molecule has 96 heavy (non-hydrogen) atoms. The molecule has 9 atom stereocenters. The van der Waals surface area contributed by atoms with E-state index in [9.17, 15) is 83.1 Å². The number of aromatic hydroxyl groups is 2. The van der Waals surface area contributed by atoms with Crippen molar-refractivity contribution in [3.8, 4) is 17.2 Å². The third-order valence-electron chi connectivity index (χ3n) is 16.4. The Labute approximate surface area is 550 Å². The number of rotatable bonds is 37. The summed E-state index contributed by atoms with van der Waals surface area (Å²) in [6, 6.07) is 6.74. The van der Waals surface area contributed by atoms with Gasteiger partial charge < -0.3 is 90.4 Å². The number of aliphatic hydroxyl groups is 3. The van der Waals surface area contributed by atoms with Crippen molar-refractivity contribution < 1.29 is 121 Å². The monoisotopic (exact) mass is 1340 g/mol. The van der Waals surface area contributed by atoms with Crippen LogP contribution in [0.2, 0.25) is 0 Å². The Balaban J connectivity index is 0.794. The molecule has 0 spiro atoms. The molecular weight excluding hydrogens is 1260 g/mol. The van der Waals surface area contributed by atoms with Crippen LogP contribution in [0.3, 0.4) is 0 Å². The number of primary amides is 1. The van der Waals surface area contributed by atoms with Gasteiger partial charge in [0.2, 0.25) is 29.4 Å². The zero-order valence-corrected chi connectivity index (χ0v) is 53.4. The second kappa shape index (κ2) is 34.7. The van der Waals surface area contributed by atoms with Crippen LogP contribution in [0.1, 0.15) is 127 Å². The number of methoxy groups -OCH3 is 1. The minimum Gasteiger partial charge on any atom is -0.507 e. The first-order valence-corrected chi connectivity index (χ1v) is 31.1. The summed E-state index contributed by atoms with van der Waals surface area (Å²) in [5.41, 5.74) is 1.55. The van der Waals surface area contributed by atoms with E-state index >= 15 is 0 Å². The van der Waals surface area contributed by atoms with E-state index in [1.54, 1.807) is 0 Å². The van der Waals surface area contributed by atoms with Crippen molar-refractivity contribution in [2.45, 2.75) is 133 Å². The van der Waals surface area contributed by atoms with Crippen LogP contribution in [-0.4, -0.2) is 216 Å². The van der Waals surface area contributed by atoms with Crippen molar-refractivity contribution in [1.29, 1.82) is 0 Å². The summed E-state index contributed by atoms with van der Waals surface area (Å²) < 4.78 is 44.7. The van der Waals surface area contributed by atoms with Crippen molar-refractivity contribution in [3.05, 3.63) is 93.6 Å². The molecule has 0 unspecified atom stereocenters. The number of ether oxygens (including phenoxy) is 8. The lowest BCUT2D eigenvalue weighted by atomic mass is 9.72. The van der Waals surface area contributed by atoms with Crippen molar-refractivity contribution in [2.75, 3.05) is 78.4 Å². The molecule has 1 fully saturated rings. The molecule has 0 bridgehead atoms. The van der Waals surface area contributed by atoms with E-state index in [4.69, 9.17) is 43.6 Å². The van der Waals surface area contributed by atoms with Crippen molar-refractivity contribution in [3.63, 3.8) is 0 Å². The lowest BCUT2D eigenvalue weighted by molar-refractivity contribution is -0.249. The summed E-state index contributed by atoms with van der Waals surface area (Å²) in [7, 11) is 1.27. The summed E-state index contributed by atoms with van der Waals surface area (Å²) in [4.78, 5) is 155. The Morgan fingerprint density at radius 2 is 1.40 bits per heavy atom. The van der Waals surface area contributed by atoms with E-state index in [1.165, 1.54) is 82.5 Å². The summed E-state index contributed by atoms with van der Waals surface area (Å²) in [6.07, 6.45) is -6.00. The van der Waals surface area contributed by atoms with Gasteiger partial charge >= 0.3 is 6.09 Å². The summed E-state index contributed by atoms with van der Waals surface area (Å²) in [5, 5.41) is 66.4. The number of nitrogens with two attached hydrogens (primary N) is 1. The predicted octanol–water partition coefficient (Wildman–Crippen LogP) is 0.489. The number of amides is 7. The number of aliphatic hydroxyl groups excluding tert-OH is 2. The molecule has 4 aliphatic rings. The maximum Gasteiger partial charge on any atom is 0.407 e. The van der Waals surface area contributed by atoms with E-state index in [0.29, 0.717) is 38.4 Å². The molecule has 2 heterocycles. The fraction of sp³-hybridized carbons (Fsp3) is 0.508. The topological polar surface area (TPSA) is 457 Å². The number of anilines is 1. The number of ketones is 5. The molecule has 11 N–H and O–H groups in total. The number of fused-ring (bicyclic) bond motifs is 3. The van der Waals surface area contributed by atoms with Gasteiger partial charge in [0.05, 0.1) is 100 Å². The highest BCUT2D eigenvalue weighted by molar-refractivity contribution is 6.31. The maximum atomic E-state index is 14.1. The number of benzene rings is 3. The van der Waals surface area contributed by atoms with Crippen LogP contribution >= 0.6 is 0 Å². The number of Topliss-reactive ketones (excluding diaryl/α,β-unsaturated/α-hetero) is 3. The molecule has 31 nitrogen and oxygen atoms in total. The number of hydrogen-bond donors (Lipinski definition) is 10. The molecule has 7 rings (SSSR count). The molecule has 3 aromatic carbocycles. The highest BCUT2D eigenvalue weighted by atomic mass is 16.7. The van der Waals surface area contributed by atoms with Crippen LogP contribution in [0.5, 0.6) is 17.2 Å². The minimum absolute atomic E-state index is 0.0105. The van der Waals surface area contributed by atoms with Gasteiger partial charge in [-0.3, -0.25) is 57.6 Å². The fourth-order valence-electron chi connectivity index (χ4n) is 11.2. The largest absolute Gasteiger partial charge is 0.507 e. The van der Waals surface area contributed by atoms with Gasteiger partial charge in [0.25, 0.3) is 11.8 Å². The summed E-state index contributed by atoms with van der Waals surface area (Å²) in [5.74, 6) is -10.1. The number of imide groups is 1. The van der Waals surface area contributed by atoms with Crippen LogP contribution in [0, 0.1) is 5.92 Å². The highest BCUT2D eigenvalue weighted by Gasteiger charge is 2.51. The zero-order chi connectivity index (χ0) is 70.0. The van der Waals surface area contributed by atoms with E-state index in [2.05, 4.69) is 21.3 Å². The van der Waals surface area contributed by atoms with Gasteiger partial charge in [0.15, 0.2) is 23.6 Å². The van der Waals surface area contributed by atoms with Gasteiger partial charge in [-0.25, -0.2) is 4.79 Å². The molecular formula is C65H80N6O25. The third kappa shape index (κ3) is 19.4. The van der Waals surface area contributed by atoms with Crippen LogP contribution < -0.4 is 31.7 Å². The number of carbonyl (C=O) groups is 12. The van der Waals surface area contributed by atoms with Crippen molar-refractivity contribution in [2.24, 2.45) is 11.7 Å². The first kappa shape index (κ1) is 74.5. The normalized spacial score (nSPS) is 20.4. The van der Waals surface area contributed by atoms with Gasteiger partial charge in [-0.05, 0) is 51.0 Å². The number of nitrogens with one attached hydrogen (secondary N) is 4. The first-order chi connectivity index (χ1) is 45.7. The average molecular weight is 1350 g/mol. The number of nitrogens with zero attached hydrogens (tertiary/aromatic N) is 1. The lowest BCUT2D eigenvalue weighted by Crippen LogP contribution is -2.56. The Kier molecular flexibility index (Phi) is 26.9. The molecule has 31 heteroatoms. The van der Waals surface area contributed by atoms with Crippen LogP contribution in [0.25, 0.3) is 0 Å². The second-order valence-electron chi connectivity index (χ2n) is 23.3. The molecule has 2 aliphatic heterocycles. The van der Waals surface area contributed by atoms with E-state index in [1.807, 2.05) is 0 Å². The van der Waals surface area contributed by atoms with E-state index in [-0.39, 0.29) is 105 Å². The number of hydrogen-bond acceptors (Lipinski definition) is 25. The number of phenols is 2. The second-order valence-corrected chi connectivity index (χ2v) is 23.3. The number of carbonyl (C=O) groups excluding carboxylic acids is 12. The number of phenolic OH excluding ortho intramolecular Hbond substituents is 2. The summed E-state index contributed by atoms with van der Waals surface area (Å²) in [6.45, 7) is 4.76. The molecule has 0 radical (unpaired) electrons. The smallest absolute Gasteiger partial charge is 0.407 e. The third-order valence-corrected chi connectivity index (χ3v) is 16.4. The fourth-order valence-corrected chi connectivity index (χ4v) is 11.2. The molecule has 2 aliphatic carbocycles. The Hall–Kier alpha value is -8.92. The average Bonchev–Trinajstić information content (AvgIpc) is 0.777.